The molecule has 4 aromatic carbocycles. The molecule has 6 nitrogen and oxygen atoms in total. The van der Waals surface area contributed by atoms with Crippen LogP contribution >= 0.6 is 11.6 Å². The van der Waals surface area contributed by atoms with Crippen molar-refractivity contribution >= 4 is 39.4 Å². The lowest BCUT2D eigenvalue weighted by molar-refractivity contribution is 0.0955. The Labute approximate surface area is 220 Å². The van der Waals surface area contributed by atoms with Gasteiger partial charge in [-0.05, 0) is 72.1 Å². The Kier molecular flexibility index (Phi) is 8.01. The molecule has 0 spiro atoms. The highest BCUT2D eigenvalue weighted by molar-refractivity contribution is 7.92. The molecule has 37 heavy (non-hydrogen) atoms. The molecule has 0 aliphatic carbocycles. The highest BCUT2D eigenvalue weighted by Gasteiger charge is 2.27. The maximum Gasteiger partial charge on any atom is 0.271 e. The molecule has 0 radical (unpaired) electrons. The van der Waals surface area contributed by atoms with Crippen molar-refractivity contribution in [1.29, 1.82) is 0 Å². The number of nitrogens with one attached hydrogen (secondary N) is 1. The van der Waals surface area contributed by atoms with E-state index in [1.165, 1.54) is 34.8 Å². The number of anilines is 1. The fourth-order valence-electron chi connectivity index (χ4n) is 3.59. The largest absolute Gasteiger partial charge is 0.271 e. The second-order valence-electron chi connectivity index (χ2n) is 8.16. The molecule has 1 amide bonds. The van der Waals surface area contributed by atoms with Crippen LogP contribution in [0.4, 0.5) is 10.1 Å². The Hall–Kier alpha value is -4.01. The van der Waals surface area contributed by atoms with Crippen molar-refractivity contribution in [3.8, 4) is 0 Å². The molecule has 0 unspecified atom stereocenters. The summed E-state index contributed by atoms with van der Waals surface area (Å²) in [6.07, 6.45) is 1.41. The first-order valence-corrected chi connectivity index (χ1v) is 13.1. The number of amides is 1. The van der Waals surface area contributed by atoms with Gasteiger partial charge in [0.25, 0.3) is 15.9 Å². The monoisotopic (exact) mass is 535 g/mol. The average Bonchev–Trinajstić information content (AvgIpc) is 2.91. The predicted molar refractivity (Wildman–Crippen MR) is 144 cm³/mol. The minimum atomic E-state index is -3.91. The average molecular weight is 536 g/mol. The number of halogens is 2. The number of hydrogen-bond donors (Lipinski definition) is 1. The van der Waals surface area contributed by atoms with Crippen molar-refractivity contribution in [2.75, 3.05) is 4.31 Å². The summed E-state index contributed by atoms with van der Waals surface area (Å²) in [6, 6.07) is 25.5. The zero-order valence-corrected chi connectivity index (χ0v) is 21.4. The van der Waals surface area contributed by atoms with E-state index < -0.39 is 15.9 Å². The van der Waals surface area contributed by atoms with E-state index in [1.54, 1.807) is 79.7 Å². The topological polar surface area (TPSA) is 78.8 Å². The molecule has 0 bridgehead atoms. The standard InChI is InChI=1S/C28H23ClFN3O3S/c1-20-26(29)8-5-9-27(20)33(37(35,36)25-6-3-2-4-7-25)19-22-10-14-23(15-11-22)28(34)32-31-18-21-12-16-24(30)17-13-21/h2-18H,19H2,1H3,(H,32,34)/b31-18-. The second-order valence-corrected chi connectivity index (χ2v) is 10.4. The van der Waals surface area contributed by atoms with Crippen LogP contribution in [0.15, 0.2) is 107 Å². The van der Waals surface area contributed by atoms with Gasteiger partial charge in [0.1, 0.15) is 5.82 Å². The summed E-state index contributed by atoms with van der Waals surface area (Å²) in [5.74, 6) is -0.800. The van der Waals surface area contributed by atoms with Crippen LogP contribution in [-0.2, 0) is 16.6 Å². The fourth-order valence-corrected chi connectivity index (χ4v) is 5.29. The van der Waals surface area contributed by atoms with Gasteiger partial charge in [-0.1, -0.05) is 60.1 Å². The highest BCUT2D eigenvalue weighted by Crippen LogP contribution is 2.32. The van der Waals surface area contributed by atoms with E-state index >= 15 is 0 Å². The van der Waals surface area contributed by atoms with Gasteiger partial charge in [0.15, 0.2) is 0 Å². The molecule has 0 fully saturated rings. The summed E-state index contributed by atoms with van der Waals surface area (Å²) < 4.78 is 41.5. The van der Waals surface area contributed by atoms with Crippen LogP contribution in [0.1, 0.15) is 27.0 Å². The van der Waals surface area contributed by atoms with Crippen LogP contribution in [0.25, 0.3) is 0 Å². The van der Waals surface area contributed by atoms with E-state index in [4.69, 9.17) is 11.6 Å². The summed E-state index contributed by atoms with van der Waals surface area (Å²) in [5, 5.41) is 4.35. The van der Waals surface area contributed by atoms with E-state index in [0.29, 0.717) is 33.0 Å². The molecule has 4 rings (SSSR count). The number of hydrogen-bond acceptors (Lipinski definition) is 4. The zero-order chi connectivity index (χ0) is 26.4. The molecule has 0 saturated heterocycles. The summed E-state index contributed by atoms with van der Waals surface area (Å²) in [6.45, 7) is 1.80. The van der Waals surface area contributed by atoms with Crippen molar-refractivity contribution < 1.29 is 17.6 Å². The first kappa shape index (κ1) is 26.1. The third-order valence-corrected chi connectivity index (χ3v) is 7.81. The predicted octanol–water partition coefficient (Wildman–Crippen LogP) is 5.95. The first-order chi connectivity index (χ1) is 17.8. The van der Waals surface area contributed by atoms with Crippen LogP contribution in [-0.4, -0.2) is 20.5 Å². The van der Waals surface area contributed by atoms with Gasteiger partial charge < -0.3 is 0 Å². The SMILES string of the molecule is Cc1c(Cl)cccc1N(Cc1ccc(C(=O)N/N=C\c2ccc(F)cc2)cc1)S(=O)(=O)c1ccccc1. The molecule has 0 heterocycles. The van der Waals surface area contributed by atoms with Crippen molar-refractivity contribution in [3.05, 3.63) is 130 Å². The Balaban J connectivity index is 1.55. The van der Waals surface area contributed by atoms with Gasteiger partial charge in [-0.25, -0.2) is 18.2 Å². The molecule has 1 N–H and O–H groups in total. The zero-order valence-electron chi connectivity index (χ0n) is 19.8. The quantitative estimate of drug-likeness (QED) is 0.224. The minimum Gasteiger partial charge on any atom is -0.267 e. The molecule has 188 valence electrons. The molecular formula is C28H23ClFN3O3S. The molecule has 0 aromatic heterocycles. The highest BCUT2D eigenvalue weighted by atomic mass is 35.5. The van der Waals surface area contributed by atoms with Crippen LogP contribution in [0.5, 0.6) is 0 Å². The lowest BCUT2D eigenvalue weighted by Gasteiger charge is -2.26. The number of carbonyl (C=O) groups excluding carboxylic acids is 1. The number of benzene rings is 4. The normalized spacial score (nSPS) is 11.4. The third kappa shape index (κ3) is 6.22. The first-order valence-electron chi connectivity index (χ1n) is 11.3. The number of sulfonamides is 1. The van der Waals surface area contributed by atoms with Crippen LogP contribution in [0.3, 0.4) is 0 Å². The summed E-state index contributed by atoms with van der Waals surface area (Å²) in [5.41, 5.74) is 5.17. The maximum atomic E-state index is 13.6. The maximum absolute atomic E-state index is 13.6. The third-order valence-electron chi connectivity index (χ3n) is 5.63. The van der Waals surface area contributed by atoms with E-state index in [1.807, 2.05) is 0 Å². The summed E-state index contributed by atoms with van der Waals surface area (Å²) in [7, 11) is -3.91. The Morgan fingerprint density at radius 3 is 2.30 bits per heavy atom. The van der Waals surface area contributed by atoms with Crippen LogP contribution in [0.2, 0.25) is 5.02 Å². The summed E-state index contributed by atoms with van der Waals surface area (Å²) in [4.78, 5) is 12.6. The molecular weight excluding hydrogens is 513 g/mol. The molecule has 0 saturated carbocycles. The van der Waals surface area contributed by atoms with Gasteiger partial charge >= 0.3 is 0 Å². The van der Waals surface area contributed by atoms with Gasteiger partial charge in [-0.15, -0.1) is 0 Å². The molecule has 4 aromatic rings. The molecule has 0 aliphatic heterocycles. The lowest BCUT2D eigenvalue weighted by Crippen LogP contribution is -2.31. The van der Waals surface area contributed by atoms with Gasteiger partial charge in [0, 0.05) is 10.6 Å². The smallest absolute Gasteiger partial charge is 0.267 e. The minimum absolute atomic E-state index is 0.0308. The Morgan fingerprint density at radius 2 is 1.62 bits per heavy atom. The second kappa shape index (κ2) is 11.4. The molecule has 9 heteroatoms. The van der Waals surface area contributed by atoms with Gasteiger partial charge in [0.2, 0.25) is 0 Å². The van der Waals surface area contributed by atoms with E-state index in [9.17, 15) is 17.6 Å². The number of rotatable bonds is 8. The lowest BCUT2D eigenvalue weighted by atomic mass is 10.1. The van der Waals surface area contributed by atoms with Gasteiger partial charge in [-0.2, -0.15) is 5.10 Å². The van der Waals surface area contributed by atoms with E-state index in [0.717, 1.165) is 0 Å². The number of hydrazone groups is 1. The number of nitrogens with zero attached hydrogens (tertiary/aromatic N) is 2. The van der Waals surface area contributed by atoms with Gasteiger partial charge in [-0.3, -0.25) is 9.10 Å². The molecule has 0 atom stereocenters. The van der Waals surface area contributed by atoms with E-state index in [2.05, 4.69) is 10.5 Å². The van der Waals surface area contributed by atoms with Crippen LogP contribution in [0, 0.1) is 12.7 Å². The Morgan fingerprint density at radius 1 is 0.946 bits per heavy atom. The van der Waals surface area contributed by atoms with Crippen molar-refractivity contribution in [2.24, 2.45) is 5.10 Å². The molecule has 0 aliphatic rings. The van der Waals surface area contributed by atoms with Crippen molar-refractivity contribution in [2.45, 2.75) is 18.4 Å². The van der Waals surface area contributed by atoms with Crippen LogP contribution < -0.4 is 9.73 Å². The van der Waals surface area contributed by atoms with Crippen molar-refractivity contribution in [3.63, 3.8) is 0 Å². The van der Waals surface area contributed by atoms with E-state index in [-0.39, 0.29) is 17.3 Å². The van der Waals surface area contributed by atoms with Crippen molar-refractivity contribution in [1.82, 2.24) is 5.43 Å². The van der Waals surface area contributed by atoms with Gasteiger partial charge in [0.05, 0.1) is 23.3 Å². The Bertz CT molecular complexity index is 1530. The fraction of sp³-hybridized carbons (Fsp3) is 0.0714. The number of carbonyl (C=O) groups is 1. The summed E-state index contributed by atoms with van der Waals surface area (Å²) >= 11 is 6.31.